The largest absolute Gasteiger partial charge is 0.383 e. The lowest BCUT2D eigenvalue weighted by Gasteiger charge is -2.31. The molecule has 1 aromatic heterocycles. The Kier molecular flexibility index (Phi) is 6.03. The number of rotatable bonds is 6. The van der Waals surface area contributed by atoms with Gasteiger partial charge in [-0.3, -0.25) is 9.69 Å². The SMILES string of the molecule is COCCNCc1cc(=O)[nH]c(C2CSCCN2C)n1. The summed E-state index contributed by atoms with van der Waals surface area (Å²) in [6.07, 6.45) is 0. The van der Waals surface area contributed by atoms with E-state index in [1.54, 1.807) is 13.2 Å². The van der Waals surface area contributed by atoms with Gasteiger partial charge in [-0.2, -0.15) is 11.8 Å². The maximum atomic E-state index is 11.8. The lowest BCUT2D eigenvalue weighted by atomic mass is 10.2. The van der Waals surface area contributed by atoms with Crippen LogP contribution in [-0.2, 0) is 11.3 Å². The normalized spacial score (nSPS) is 20.2. The van der Waals surface area contributed by atoms with E-state index in [4.69, 9.17) is 4.74 Å². The molecule has 7 heteroatoms. The molecule has 2 heterocycles. The van der Waals surface area contributed by atoms with E-state index in [0.29, 0.717) is 13.2 Å². The minimum Gasteiger partial charge on any atom is -0.383 e. The van der Waals surface area contributed by atoms with Crippen molar-refractivity contribution in [2.24, 2.45) is 0 Å². The summed E-state index contributed by atoms with van der Waals surface area (Å²) in [5.41, 5.74) is 0.700. The van der Waals surface area contributed by atoms with Gasteiger partial charge in [0.15, 0.2) is 0 Å². The summed E-state index contributed by atoms with van der Waals surface area (Å²) in [5, 5.41) is 3.21. The fraction of sp³-hybridized carbons (Fsp3) is 0.692. The average Bonchev–Trinajstić information content (AvgIpc) is 2.43. The van der Waals surface area contributed by atoms with Gasteiger partial charge in [0.1, 0.15) is 5.82 Å². The first-order valence-electron chi connectivity index (χ1n) is 6.78. The summed E-state index contributed by atoms with van der Waals surface area (Å²) in [6.45, 7) is 3.01. The first-order valence-corrected chi connectivity index (χ1v) is 7.94. The summed E-state index contributed by atoms with van der Waals surface area (Å²) in [7, 11) is 3.75. The van der Waals surface area contributed by atoms with Gasteiger partial charge in [0.25, 0.3) is 5.56 Å². The van der Waals surface area contributed by atoms with E-state index in [9.17, 15) is 4.79 Å². The second-order valence-corrected chi connectivity index (χ2v) is 6.01. The molecule has 2 rings (SSSR count). The lowest BCUT2D eigenvalue weighted by Crippen LogP contribution is -2.35. The molecular weight excluding hydrogens is 276 g/mol. The van der Waals surface area contributed by atoms with Crippen molar-refractivity contribution < 1.29 is 4.74 Å². The third-order valence-electron chi connectivity index (χ3n) is 3.31. The minimum atomic E-state index is -0.0810. The highest BCUT2D eigenvalue weighted by Crippen LogP contribution is 2.25. The van der Waals surface area contributed by atoms with Crippen molar-refractivity contribution in [3.8, 4) is 0 Å². The van der Waals surface area contributed by atoms with Crippen LogP contribution in [0.25, 0.3) is 0 Å². The van der Waals surface area contributed by atoms with Gasteiger partial charge in [0.05, 0.1) is 18.3 Å². The monoisotopic (exact) mass is 298 g/mol. The molecule has 0 amide bonds. The highest BCUT2D eigenvalue weighted by molar-refractivity contribution is 7.99. The summed E-state index contributed by atoms with van der Waals surface area (Å²) in [6, 6.07) is 1.75. The van der Waals surface area contributed by atoms with E-state index in [-0.39, 0.29) is 11.6 Å². The van der Waals surface area contributed by atoms with Crippen LogP contribution in [0.2, 0.25) is 0 Å². The summed E-state index contributed by atoms with van der Waals surface area (Å²) in [4.78, 5) is 21.5. The Morgan fingerprint density at radius 3 is 3.25 bits per heavy atom. The van der Waals surface area contributed by atoms with Crippen LogP contribution >= 0.6 is 11.8 Å². The molecule has 6 nitrogen and oxygen atoms in total. The van der Waals surface area contributed by atoms with Gasteiger partial charge in [-0.25, -0.2) is 4.98 Å². The van der Waals surface area contributed by atoms with Crippen LogP contribution in [0.4, 0.5) is 0 Å². The molecular formula is C13H22N4O2S. The Hall–Kier alpha value is -0.890. The van der Waals surface area contributed by atoms with E-state index in [2.05, 4.69) is 27.2 Å². The number of hydrogen-bond donors (Lipinski definition) is 2. The lowest BCUT2D eigenvalue weighted by molar-refractivity contribution is 0.199. The highest BCUT2D eigenvalue weighted by Gasteiger charge is 2.23. The van der Waals surface area contributed by atoms with Gasteiger partial charge in [-0.1, -0.05) is 0 Å². The van der Waals surface area contributed by atoms with Crippen LogP contribution in [-0.4, -0.2) is 60.2 Å². The predicted octanol–water partition coefficient (Wildman–Crippen LogP) is 0.226. The van der Waals surface area contributed by atoms with E-state index in [1.165, 1.54) is 0 Å². The highest BCUT2D eigenvalue weighted by atomic mass is 32.2. The molecule has 0 bridgehead atoms. The zero-order chi connectivity index (χ0) is 14.4. The third kappa shape index (κ3) is 4.31. The van der Waals surface area contributed by atoms with Gasteiger partial charge in [-0.15, -0.1) is 0 Å². The van der Waals surface area contributed by atoms with Crippen LogP contribution in [0, 0.1) is 0 Å². The molecule has 1 atom stereocenters. The summed E-state index contributed by atoms with van der Waals surface area (Å²) < 4.78 is 4.98. The van der Waals surface area contributed by atoms with Gasteiger partial charge < -0.3 is 15.0 Å². The molecule has 112 valence electrons. The predicted molar refractivity (Wildman–Crippen MR) is 81.1 cm³/mol. The molecule has 1 aliphatic rings. The minimum absolute atomic E-state index is 0.0810. The molecule has 1 saturated heterocycles. The van der Waals surface area contributed by atoms with Crippen LogP contribution in [0.5, 0.6) is 0 Å². The number of H-pyrrole nitrogens is 1. The van der Waals surface area contributed by atoms with E-state index < -0.39 is 0 Å². The zero-order valence-electron chi connectivity index (χ0n) is 12.0. The van der Waals surface area contributed by atoms with E-state index in [1.807, 2.05) is 11.8 Å². The van der Waals surface area contributed by atoms with Crippen molar-refractivity contribution in [3.63, 3.8) is 0 Å². The maximum absolute atomic E-state index is 11.8. The number of nitrogens with zero attached hydrogens (tertiary/aromatic N) is 2. The molecule has 2 N–H and O–H groups in total. The van der Waals surface area contributed by atoms with Gasteiger partial charge in [0, 0.05) is 44.3 Å². The number of aromatic nitrogens is 2. The molecule has 1 fully saturated rings. The molecule has 1 aromatic rings. The number of thioether (sulfide) groups is 1. The van der Waals surface area contributed by atoms with E-state index in [0.717, 1.165) is 36.1 Å². The second-order valence-electron chi connectivity index (χ2n) is 4.86. The molecule has 0 spiro atoms. The Balaban J connectivity index is 2.05. The molecule has 0 radical (unpaired) electrons. The molecule has 1 aliphatic heterocycles. The first-order chi connectivity index (χ1) is 9.70. The fourth-order valence-electron chi connectivity index (χ4n) is 2.14. The Morgan fingerprint density at radius 1 is 1.65 bits per heavy atom. The molecule has 0 saturated carbocycles. The average molecular weight is 298 g/mol. The van der Waals surface area contributed by atoms with Crippen LogP contribution in [0.3, 0.4) is 0 Å². The second kappa shape index (κ2) is 7.78. The third-order valence-corrected chi connectivity index (χ3v) is 4.34. The Bertz CT molecular complexity index is 480. The van der Waals surface area contributed by atoms with Crippen LogP contribution in [0.1, 0.15) is 17.6 Å². The van der Waals surface area contributed by atoms with Gasteiger partial charge in [-0.05, 0) is 7.05 Å². The molecule has 0 aliphatic carbocycles. The molecule has 20 heavy (non-hydrogen) atoms. The molecule has 1 unspecified atom stereocenters. The number of hydrogen-bond acceptors (Lipinski definition) is 6. The van der Waals surface area contributed by atoms with Crippen LogP contribution in [0.15, 0.2) is 10.9 Å². The number of methoxy groups -OCH3 is 1. The van der Waals surface area contributed by atoms with Crippen molar-refractivity contribution in [2.75, 3.05) is 45.4 Å². The van der Waals surface area contributed by atoms with Crippen LogP contribution < -0.4 is 10.9 Å². The van der Waals surface area contributed by atoms with Gasteiger partial charge in [0.2, 0.25) is 0 Å². The van der Waals surface area contributed by atoms with Crippen molar-refractivity contribution in [2.45, 2.75) is 12.6 Å². The van der Waals surface area contributed by atoms with Gasteiger partial charge >= 0.3 is 0 Å². The fourth-order valence-corrected chi connectivity index (χ4v) is 3.36. The number of nitrogens with one attached hydrogen (secondary N) is 2. The number of ether oxygens (including phenoxy) is 1. The van der Waals surface area contributed by atoms with Crippen molar-refractivity contribution in [1.29, 1.82) is 0 Å². The zero-order valence-corrected chi connectivity index (χ0v) is 12.8. The van der Waals surface area contributed by atoms with Crippen molar-refractivity contribution >= 4 is 11.8 Å². The molecule has 0 aromatic carbocycles. The standard InChI is InChI=1S/C13H22N4O2S/c1-17-4-6-20-9-11(17)13-15-10(7-12(18)16-13)8-14-3-5-19-2/h7,11,14H,3-6,8-9H2,1-2H3,(H,15,16,18). The van der Waals surface area contributed by atoms with Crippen molar-refractivity contribution in [1.82, 2.24) is 20.2 Å². The smallest absolute Gasteiger partial charge is 0.251 e. The topological polar surface area (TPSA) is 70.2 Å². The summed E-state index contributed by atoms with van der Waals surface area (Å²) in [5.74, 6) is 2.88. The quantitative estimate of drug-likeness (QED) is 0.733. The number of aromatic amines is 1. The summed E-state index contributed by atoms with van der Waals surface area (Å²) >= 11 is 1.90. The Labute approximate surface area is 123 Å². The van der Waals surface area contributed by atoms with Crippen molar-refractivity contribution in [3.05, 3.63) is 27.9 Å². The van der Waals surface area contributed by atoms with E-state index >= 15 is 0 Å². The Morgan fingerprint density at radius 2 is 2.50 bits per heavy atom. The maximum Gasteiger partial charge on any atom is 0.251 e. The first kappa shape index (κ1) is 15.5.